The summed E-state index contributed by atoms with van der Waals surface area (Å²) in [7, 11) is 0. The Morgan fingerprint density at radius 3 is 1.71 bits per heavy atom. The molecule has 0 N–H and O–H groups in total. The third kappa shape index (κ3) is 1.10. The van der Waals surface area contributed by atoms with Gasteiger partial charge < -0.3 is 0 Å². The van der Waals surface area contributed by atoms with E-state index in [0.29, 0.717) is 6.67 Å². The Morgan fingerprint density at radius 2 is 1.57 bits per heavy atom. The summed E-state index contributed by atoms with van der Waals surface area (Å²) in [6, 6.07) is 0. The van der Waals surface area contributed by atoms with Crippen LogP contribution in [0.1, 0.15) is 0 Å². The summed E-state index contributed by atoms with van der Waals surface area (Å²) in [6.07, 6.45) is 0. The van der Waals surface area contributed by atoms with E-state index in [1.165, 1.54) is 0 Å². The Morgan fingerprint density at radius 1 is 1.14 bits per heavy atom. The van der Waals surface area contributed by atoms with E-state index in [1.807, 2.05) is 0 Å². The molecule has 0 amide bonds. The van der Waals surface area contributed by atoms with Crippen LogP contribution in [0.25, 0.3) is 0 Å². The average molecular weight is 226 g/mol. The zero-order valence-corrected chi connectivity index (χ0v) is 6.53. The minimum Gasteiger partial charge on any atom is -0.252 e. The fourth-order valence-corrected chi connectivity index (χ4v) is 0.765. The van der Waals surface area contributed by atoms with Gasteiger partial charge in [-0.3, -0.25) is 9.98 Å². The third-order valence-corrected chi connectivity index (χ3v) is 2.37. The van der Waals surface area contributed by atoms with E-state index in [2.05, 4.69) is 41.8 Å². The number of halogens is 2. The van der Waals surface area contributed by atoms with Gasteiger partial charge in [-0.2, -0.15) is 0 Å². The maximum absolute atomic E-state index is 3.90. The second kappa shape index (κ2) is 2.05. The highest BCUT2D eigenvalue weighted by atomic mass is 79.9. The summed E-state index contributed by atoms with van der Waals surface area (Å²) < 4.78 is 1.63. The summed E-state index contributed by atoms with van der Waals surface area (Å²) >= 11 is 6.35. The van der Waals surface area contributed by atoms with Crippen LogP contribution in [0.3, 0.4) is 0 Å². The lowest BCUT2D eigenvalue weighted by Gasteiger charge is -1.77. The predicted octanol–water partition coefficient (Wildman–Crippen LogP) is 1.54. The lowest BCUT2D eigenvalue weighted by atomic mass is 10.8. The Kier molecular flexibility index (Phi) is 1.59. The van der Waals surface area contributed by atoms with Crippen molar-refractivity contribution in [3.63, 3.8) is 0 Å². The smallest absolute Gasteiger partial charge is 0.135 e. The van der Waals surface area contributed by atoms with Crippen molar-refractivity contribution in [3.05, 3.63) is 0 Å². The van der Waals surface area contributed by atoms with E-state index in [-0.39, 0.29) is 0 Å². The molecular weight excluding hydrogens is 224 g/mol. The molecule has 1 aliphatic rings. The molecule has 1 rings (SSSR count). The highest BCUT2D eigenvalue weighted by molar-refractivity contribution is 9.25. The van der Waals surface area contributed by atoms with E-state index in [0.717, 1.165) is 9.24 Å². The van der Waals surface area contributed by atoms with Gasteiger partial charge in [-0.1, -0.05) is 0 Å². The number of aliphatic imine (C=N–C) groups is 2. The van der Waals surface area contributed by atoms with E-state index >= 15 is 0 Å². The first kappa shape index (κ1) is 5.44. The molecule has 0 bridgehead atoms. The fraction of sp³-hybridized carbons (Fsp3) is 0.333. The van der Waals surface area contributed by atoms with Crippen LogP contribution in [0.15, 0.2) is 9.98 Å². The molecule has 0 saturated carbocycles. The number of hydrogen-bond donors (Lipinski definition) is 0. The van der Waals surface area contributed by atoms with E-state index in [1.54, 1.807) is 0 Å². The van der Waals surface area contributed by atoms with Crippen LogP contribution in [0.4, 0.5) is 0 Å². The highest BCUT2D eigenvalue weighted by Crippen LogP contribution is 2.06. The Labute approximate surface area is 58.0 Å². The first-order valence-electron chi connectivity index (χ1n) is 1.71. The van der Waals surface area contributed by atoms with Crippen molar-refractivity contribution in [3.8, 4) is 0 Å². The lowest BCUT2D eigenvalue weighted by molar-refractivity contribution is 1.11. The molecule has 1 heterocycles. The molecule has 0 fully saturated rings. The van der Waals surface area contributed by atoms with Crippen molar-refractivity contribution in [1.82, 2.24) is 0 Å². The van der Waals surface area contributed by atoms with Crippen molar-refractivity contribution in [2.45, 2.75) is 0 Å². The third-order valence-electron chi connectivity index (χ3n) is 0.589. The SMILES string of the molecule is BrC1=NCN=C1Br. The van der Waals surface area contributed by atoms with Gasteiger partial charge in [-0.15, -0.1) is 0 Å². The zero-order chi connectivity index (χ0) is 5.28. The molecular formula is C3H2Br2N2. The van der Waals surface area contributed by atoms with Crippen LogP contribution in [0, 0.1) is 0 Å². The minimum atomic E-state index is 0.557. The van der Waals surface area contributed by atoms with Crippen molar-refractivity contribution in [1.29, 1.82) is 0 Å². The molecule has 0 unspecified atom stereocenters. The van der Waals surface area contributed by atoms with Crippen LogP contribution in [-0.4, -0.2) is 15.9 Å². The van der Waals surface area contributed by atoms with Gasteiger partial charge in [0, 0.05) is 0 Å². The second-order valence-corrected chi connectivity index (χ2v) is 2.54. The largest absolute Gasteiger partial charge is 0.252 e. The Hall–Kier alpha value is 0.300. The molecule has 2 nitrogen and oxygen atoms in total. The molecule has 0 spiro atoms. The molecule has 0 saturated heterocycles. The standard InChI is InChI=1S/C3H2Br2N2/c4-2-3(5)7-1-6-2/h1H2. The molecule has 38 valence electrons. The number of hydrogen-bond acceptors (Lipinski definition) is 2. The molecule has 0 radical (unpaired) electrons. The molecule has 0 aromatic heterocycles. The van der Waals surface area contributed by atoms with Crippen LogP contribution >= 0.6 is 31.9 Å². The number of nitrogens with zero attached hydrogens (tertiary/aromatic N) is 2. The minimum absolute atomic E-state index is 0.557. The van der Waals surface area contributed by atoms with E-state index in [4.69, 9.17) is 0 Å². The van der Waals surface area contributed by atoms with Gasteiger partial charge in [-0.25, -0.2) is 0 Å². The number of rotatable bonds is 0. The van der Waals surface area contributed by atoms with Gasteiger partial charge in [-0.05, 0) is 31.9 Å². The summed E-state index contributed by atoms with van der Waals surface area (Å²) in [5.41, 5.74) is 0. The quantitative estimate of drug-likeness (QED) is 0.598. The summed E-state index contributed by atoms with van der Waals surface area (Å²) in [4.78, 5) is 7.80. The first-order valence-corrected chi connectivity index (χ1v) is 3.29. The monoisotopic (exact) mass is 224 g/mol. The van der Waals surface area contributed by atoms with Crippen molar-refractivity contribution in [2.24, 2.45) is 9.98 Å². The van der Waals surface area contributed by atoms with E-state index in [9.17, 15) is 0 Å². The van der Waals surface area contributed by atoms with Gasteiger partial charge >= 0.3 is 0 Å². The van der Waals surface area contributed by atoms with Crippen molar-refractivity contribution in [2.75, 3.05) is 6.67 Å². The average Bonchev–Trinajstić information content (AvgIpc) is 1.91. The van der Waals surface area contributed by atoms with Crippen LogP contribution in [-0.2, 0) is 0 Å². The van der Waals surface area contributed by atoms with Gasteiger partial charge in [0.2, 0.25) is 0 Å². The zero-order valence-electron chi connectivity index (χ0n) is 3.36. The lowest BCUT2D eigenvalue weighted by Crippen LogP contribution is -1.89. The molecule has 7 heavy (non-hydrogen) atoms. The summed E-state index contributed by atoms with van der Waals surface area (Å²) in [6.45, 7) is 0.557. The topological polar surface area (TPSA) is 24.7 Å². The van der Waals surface area contributed by atoms with Crippen molar-refractivity contribution < 1.29 is 0 Å². The van der Waals surface area contributed by atoms with Crippen molar-refractivity contribution >= 4 is 41.1 Å². The van der Waals surface area contributed by atoms with Gasteiger partial charge in [0.15, 0.2) is 0 Å². The molecule has 0 atom stereocenters. The van der Waals surface area contributed by atoms with Crippen LogP contribution in [0.2, 0.25) is 0 Å². The normalized spacial score (nSPS) is 19.1. The Bertz CT molecular complexity index is 122. The van der Waals surface area contributed by atoms with E-state index < -0.39 is 0 Å². The summed E-state index contributed by atoms with van der Waals surface area (Å²) in [5.74, 6) is 0. The molecule has 4 heteroatoms. The van der Waals surface area contributed by atoms with Crippen LogP contribution < -0.4 is 0 Å². The Balaban J connectivity index is 2.78. The van der Waals surface area contributed by atoms with Gasteiger partial charge in [0.1, 0.15) is 15.9 Å². The van der Waals surface area contributed by atoms with Crippen LogP contribution in [0.5, 0.6) is 0 Å². The maximum Gasteiger partial charge on any atom is 0.135 e. The molecule has 0 aromatic rings. The maximum atomic E-state index is 3.90. The molecule has 1 aliphatic heterocycles. The predicted molar refractivity (Wildman–Crippen MR) is 37.6 cm³/mol. The van der Waals surface area contributed by atoms with Gasteiger partial charge in [0.05, 0.1) is 0 Å². The highest BCUT2D eigenvalue weighted by Gasteiger charge is 2.03. The second-order valence-electron chi connectivity index (χ2n) is 1.04. The molecule has 0 aromatic carbocycles. The van der Waals surface area contributed by atoms with Gasteiger partial charge in [0.25, 0.3) is 0 Å². The summed E-state index contributed by atoms with van der Waals surface area (Å²) in [5, 5.41) is 0. The fourth-order valence-electron chi connectivity index (χ4n) is 0.290. The molecule has 0 aliphatic carbocycles. The first-order chi connectivity index (χ1) is 3.30.